The van der Waals surface area contributed by atoms with Gasteiger partial charge in [-0.15, -0.1) is 0 Å². The Morgan fingerprint density at radius 2 is 2.05 bits per heavy atom. The van der Waals surface area contributed by atoms with Crippen LogP contribution in [0.2, 0.25) is 0 Å². The first-order valence-corrected chi connectivity index (χ1v) is 8.71. The minimum absolute atomic E-state index is 0.109. The topological polar surface area (TPSA) is 106 Å². The number of aryl methyl sites for hydroxylation is 1. The number of amides is 1. The summed E-state index contributed by atoms with van der Waals surface area (Å²) in [6.07, 6.45) is 1.54. The molecule has 0 fully saturated rings. The maximum absolute atomic E-state index is 11.9. The molecular formula is C11H16N2O4S2. The van der Waals surface area contributed by atoms with Gasteiger partial charge in [-0.05, 0) is 24.6 Å². The van der Waals surface area contributed by atoms with Crippen molar-refractivity contribution in [2.75, 3.05) is 18.6 Å². The molecule has 0 bridgehead atoms. The summed E-state index contributed by atoms with van der Waals surface area (Å²) in [5, 5.41) is 7.60. The van der Waals surface area contributed by atoms with Crippen molar-refractivity contribution in [2.24, 2.45) is 5.14 Å². The Balaban J connectivity index is 2.93. The lowest BCUT2D eigenvalue weighted by Crippen LogP contribution is -2.28. The molecular weight excluding hydrogens is 288 g/mol. The van der Waals surface area contributed by atoms with Crippen molar-refractivity contribution < 1.29 is 17.4 Å². The van der Waals surface area contributed by atoms with E-state index in [9.17, 15) is 17.4 Å². The molecule has 1 atom stereocenters. The minimum atomic E-state index is -3.84. The van der Waals surface area contributed by atoms with Gasteiger partial charge in [-0.3, -0.25) is 9.00 Å². The number of hydrogen-bond acceptors (Lipinski definition) is 4. The van der Waals surface area contributed by atoms with Crippen LogP contribution < -0.4 is 10.5 Å². The van der Waals surface area contributed by atoms with Crippen LogP contribution in [0.25, 0.3) is 0 Å². The molecule has 0 heterocycles. The Hall–Kier alpha value is -1.25. The lowest BCUT2D eigenvalue weighted by atomic mass is 10.1. The first kappa shape index (κ1) is 15.8. The third kappa shape index (κ3) is 4.73. The van der Waals surface area contributed by atoms with E-state index in [0.717, 1.165) is 0 Å². The van der Waals surface area contributed by atoms with E-state index >= 15 is 0 Å². The molecule has 0 spiro atoms. The Labute approximate surface area is 114 Å². The maximum atomic E-state index is 11.9. The standard InChI is InChI=1S/C11H16N2O4S2/c1-8-3-4-9(19(12,16)17)7-10(8)11(14)13-5-6-18(2)15/h3-4,7H,5-6H2,1-2H3,(H,13,14)(H2,12,16,17). The second kappa shape index (κ2) is 6.27. The van der Waals surface area contributed by atoms with E-state index in [0.29, 0.717) is 11.3 Å². The summed E-state index contributed by atoms with van der Waals surface area (Å²) in [7, 11) is -4.83. The number of primary sulfonamides is 1. The van der Waals surface area contributed by atoms with E-state index in [1.54, 1.807) is 13.2 Å². The van der Waals surface area contributed by atoms with Crippen LogP contribution >= 0.6 is 0 Å². The predicted octanol–water partition coefficient (Wildman–Crippen LogP) is -0.249. The number of carbonyl (C=O) groups is 1. The number of hydrogen-bond donors (Lipinski definition) is 2. The van der Waals surface area contributed by atoms with Crippen LogP contribution in [0.4, 0.5) is 0 Å². The normalized spacial score (nSPS) is 13.0. The molecule has 106 valence electrons. The molecule has 1 aromatic carbocycles. The number of carbonyl (C=O) groups excluding carboxylic acids is 1. The third-order valence-corrected chi connectivity index (χ3v) is 4.15. The zero-order valence-corrected chi connectivity index (χ0v) is 12.3. The molecule has 6 nitrogen and oxygen atoms in total. The Bertz CT molecular complexity index is 611. The molecule has 3 N–H and O–H groups in total. The summed E-state index contributed by atoms with van der Waals surface area (Å²) in [6.45, 7) is 1.96. The van der Waals surface area contributed by atoms with Crippen molar-refractivity contribution in [3.63, 3.8) is 0 Å². The van der Waals surface area contributed by atoms with Crippen LogP contribution in [-0.4, -0.2) is 37.1 Å². The minimum Gasteiger partial charge on any atom is -0.351 e. The monoisotopic (exact) mass is 304 g/mol. The van der Waals surface area contributed by atoms with Gasteiger partial charge < -0.3 is 5.32 Å². The highest BCUT2D eigenvalue weighted by Gasteiger charge is 2.14. The summed E-state index contributed by atoms with van der Waals surface area (Å²) in [5.74, 6) is -0.0620. The Kier molecular flexibility index (Phi) is 5.21. The molecule has 0 saturated heterocycles. The van der Waals surface area contributed by atoms with Gasteiger partial charge >= 0.3 is 0 Å². The second-order valence-corrected chi connectivity index (χ2v) is 7.17. The van der Waals surface area contributed by atoms with E-state index in [4.69, 9.17) is 5.14 Å². The number of benzene rings is 1. The average Bonchev–Trinajstić information content (AvgIpc) is 2.27. The van der Waals surface area contributed by atoms with Crippen molar-refractivity contribution in [1.82, 2.24) is 5.32 Å². The Morgan fingerprint density at radius 1 is 1.42 bits per heavy atom. The van der Waals surface area contributed by atoms with Gasteiger partial charge in [0.2, 0.25) is 10.0 Å². The van der Waals surface area contributed by atoms with Crippen LogP contribution in [0.15, 0.2) is 23.1 Å². The molecule has 0 aliphatic carbocycles. The quantitative estimate of drug-likeness (QED) is 0.782. The van der Waals surface area contributed by atoms with Crippen LogP contribution in [0, 0.1) is 6.92 Å². The van der Waals surface area contributed by atoms with Gasteiger partial charge in [0.25, 0.3) is 5.91 Å². The molecule has 8 heteroatoms. The van der Waals surface area contributed by atoms with E-state index in [1.807, 2.05) is 0 Å². The van der Waals surface area contributed by atoms with Crippen LogP contribution in [0.5, 0.6) is 0 Å². The molecule has 0 aliphatic heterocycles. The van der Waals surface area contributed by atoms with Gasteiger partial charge in [-0.25, -0.2) is 13.6 Å². The summed E-state index contributed by atoms with van der Waals surface area (Å²) in [6, 6.07) is 4.11. The van der Waals surface area contributed by atoms with Crippen molar-refractivity contribution in [1.29, 1.82) is 0 Å². The SMILES string of the molecule is Cc1ccc(S(N)(=O)=O)cc1C(=O)NCCS(C)=O. The lowest BCUT2D eigenvalue weighted by Gasteiger charge is -2.08. The van der Waals surface area contributed by atoms with Crippen molar-refractivity contribution >= 4 is 26.7 Å². The van der Waals surface area contributed by atoms with Gasteiger partial charge in [0.05, 0.1) is 4.90 Å². The zero-order valence-electron chi connectivity index (χ0n) is 10.7. The highest BCUT2D eigenvalue weighted by Crippen LogP contribution is 2.14. The lowest BCUT2D eigenvalue weighted by molar-refractivity contribution is 0.0955. The van der Waals surface area contributed by atoms with Crippen LogP contribution in [0.3, 0.4) is 0 Å². The smallest absolute Gasteiger partial charge is 0.251 e. The molecule has 0 saturated carbocycles. The van der Waals surface area contributed by atoms with Gasteiger partial charge in [-0.1, -0.05) is 6.07 Å². The van der Waals surface area contributed by atoms with E-state index in [1.165, 1.54) is 18.2 Å². The summed E-state index contributed by atoms with van der Waals surface area (Å²) < 4.78 is 33.3. The summed E-state index contributed by atoms with van der Waals surface area (Å²) >= 11 is 0. The molecule has 1 amide bonds. The van der Waals surface area contributed by atoms with Crippen molar-refractivity contribution in [3.05, 3.63) is 29.3 Å². The molecule has 0 aromatic heterocycles. The van der Waals surface area contributed by atoms with E-state index in [-0.39, 0.29) is 17.0 Å². The van der Waals surface area contributed by atoms with Crippen molar-refractivity contribution in [2.45, 2.75) is 11.8 Å². The van der Waals surface area contributed by atoms with Crippen LogP contribution in [-0.2, 0) is 20.8 Å². The average molecular weight is 304 g/mol. The van der Waals surface area contributed by atoms with Gasteiger partial charge in [0.1, 0.15) is 0 Å². The fourth-order valence-electron chi connectivity index (χ4n) is 1.43. The number of sulfonamides is 1. The fraction of sp³-hybridized carbons (Fsp3) is 0.364. The molecule has 1 rings (SSSR count). The summed E-state index contributed by atoms with van der Waals surface area (Å²) in [5.41, 5.74) is 0.885. The molecule has 0 radical (unpaired) electrons. The van der Waals surface area contributed by atoms with Crippen molar-refractivity contribution in [3.8, 4) is 0 Å². The Morgan fingerprint density at radius 3 is 2.58 bits per heavy atom. The third-order valence-electron chi connectivity index (χ3n) is 2.46. The van der Waals surface area contributed by atoms with Gasteiger partial charge in [0, 0.05) is 34.9 Å². The fourth-order valence-corrected chi connectivity index (χ4v) is 2.36. The first-order valence-electron chi connectivity index (χ1n) is 5.43. The maximum Gasteiger partial charge on any atom is 0.251 e. The largest absolute Gasteiger partial charge is 0.351 e. The number of nitrogens with one attached hydrogen (secondary N) is 1. The van der Waals surface area contributed by atoms with E-state index in [2.05, 4.69) is 5.32 Å². The second-order valence-electron chi connectivity index (χ2n) is 4.05. The molecule has 0 aliphatic rings. The van der Waals surface area contributed by atoms with E-state index < -0.39 is 26.7 Å². The predicted molar refractivity (Wildman–Crippen MR) is 73.8 cm³/mol. The summed E-state index contributed by atoms with van der Waals surface area (Å²) in [4.78, 5) is 11.8. The highest BCUT2D eigenvalue weighted by atomic mass is 32.2. The molecule has 1 unspecified atom stereocenters. The van der Waals surface area contributed by atoms with Gasteiger partial charge in [0.15, 0.2) is 0 Å². The molecule has 19 heavy (non-hydrogen) atoms. The number of rotatable bonds is 5. The zero-order chi connectivity index (χ0) is 14.6. The number of nitrogens with two attached hydrogens (primary N) is 1. The van der Waals surface area contributed by atoms with Gasteiger partial charge in [-0.2, -0.15) is 0 Å². The highest BCUT2D eigenvalue weighted by molar-refractivity contribution is 7.89. The first-order chi connectivity index (χ1) is 8.71. The van der Waals surface area contributed by atoms with Crippen LogP contribution in [0.1, 0.15) is 15.9 Å². The molecule has 1 aromatic rings.